The summed E-state index contributed by atoms with van der Waals surface area (Å²) in [6, 6.07) is 1.12. The molecule has 0 bridgehead atoms. The van der Waals surface area contributed by atoms with E-state index >= 15 is 0 Å². The molecule has 0 aromatic rings. The summed E-state index contributed by atoms with van der Waals surface area (Å²) >= 11 is 5.76. The SMILES string of the molecule is CC(CNC(=O)C(C)(C)CCl)N(C)C1CC1. The second kappa shape index (κ2) is 5.37. The van der Waals surface area contributed by atoms with Gasteiger partial charge >= 0.3 is 0 Å². The van der Waals surface area contributed by atoms with Crippen molar-refractivity contribution in [1.82, 2.24) is 10.2 Å². The predicted molar refractivity (Wildman–Crippen MR) is 67.8 cm³/mol. The van der Waals surface area contributed by atoms with Crippen LogP contribution in [0.2, 0.25) is 0 Å². The van der Waals surface area contributed by atoms with Crippen LogP contribution in [0.4, 0.5) is 0 Å². The number of halogens is 1. The highest BCUT2D eigenvalue weighted by Gasteiger charge is 2.30. The minimum atomic E-state index is -0.473. The lowest BCUT2D eigenvalue weighted by molar-refractivity contribution is -0.128. The number of hydrogen-bond donors (Lipinski definition) is 1. The number of rotatable bonds is 6. The van der Waals surface area contributed by atoms with Crippen LogP contribution < -0.4 is 5.32 Å². The van der Waals surface area contributed by atoms with Crippen molar-refractivity contribution in [3.8, 4) is 0 Å². The maximum atomic E-state index is 11.8. The molecule has 3 nitrogen and oxygen atoms in total. The lowest BCUT2D eigenvalue weighted by atomic mass is 9.95. The van der Waals surface area contributed by atoms with Crippen LogP contribution >= 0.6 is 11.6 Å². The number of carbonyl (C=O) groups excluding carboxylic acids is 1. The van der Waals surface area contributed by atoms with Gasteiger partial charge < -0.3 is 5.32 Å². The maximum Gasteiger partial charge on any atom is 0.226 e. The molecule has 0 spiro atoms. The second-order valence-electron chi connectivity index (χ2n) is 5.47. The molecule has 1 rings (SSSR count). The monoisotopic (exact) mass is 246 g/mol. The molecule has 1 amide bonds. The molecule has 16 heavy (non-hydrogen) atoms. The Labute approximate surface area is 104 Å². The van der Waals surface area contributed by atoms with Crippen molar-refractivity contribution in [2.75, 3.05) is 19.5 Å². The first kappa shape index (κ1) is 13.8. The standard InChI is InChI=1S/C12H23ClN2O/c1-9(15(4)10-5-6-10)7-14-11(16)12(2,3)8-13/h9-10H,5-8H2,1-4H3,(H,14,16). The average Bonchev–Trinajstić information content (AvgIpc) is 3.07. The predicted octanol–water partition coefficient (Wildman–Crippen LogP) is 1.85. The highest BCUT2D eigenvalue weighted by Crippen LogP contribution is 2.26. The molecule has 0 aliphatic heterocycles. The molecular formula is C12H23ClN2O. The number of nitrogens with one attached hydrogen (secondary N) is 1. The summed E-state index contributed by atoms with van der Waals surface area (Å²) in [6.07, 6.45) is 2.59. The Balaban J connectivity index is 2.30. The van der Waals surface area contributed by atoms with Gasteiger partial charge in [-0.2, -0.15) is 0 Å². The molecule has 1 fully saturated rings. The second-order valence-corrected chi connectivity index (χ2v) is 5.74. The molecule has 4 heteroatoms. The fraction of sp³-hybridized carbons (Fsp3) is 0.917. The van der Waals surface area contributed by atoms with Crippen LogP contribution in [-0.2, 0) is 4.79 Å². The third-order valence-electron chi connectivity index (χ3n) is 3.32. The van der Waals surface area contributed by atoms with Crippen LogP contribution in [0, 0.1) is 5.41 Å². The molecule has 0 aromatic heterocycles. The number of likely N-dealkylation sites (N-methyl/N-ethyl adjacent to an activating group) is 1. The third-order valence-corrected chi connectivity index (χ3v) is 3.99. The van der Waals surface area contributed by atoms with E-state index in [1.807, 2.05) is 13.8 Å². The van der Waals surface area contributed by atoms with E-state index in [2.05, 4.69) is 24.2 Å². The molecule has 0 heterocycles. The molecule has 0 saturated heterocycles. The maximum absolute atomic E-state index is 11.8. The Hall–Kier alpha value is -0.280. The van der Waals surface area contributed by atoms with Gasteiger partial charge in [-0.3, -0.25) is 9.69 Å². The Morgan fingerprint density at radius 2 is 2.12 bits per heavy atom. The van der Waals surface area contributed by atoms with E-state index < -0.39 is 5.41 Å². The summed E-state index contributed by atoms with van der Waals surface area (Å²) in [5.74, 6) is 0.393. The van der Waals surface area contributed by atoms with Crippen molar-refractivity contribution in [2.24, 2.45) is 5.41 Å². The first-order valence-corrected chi connectivity index (χ1v) is 6.48. The zero-order valence-corrected chi connectivity index (χ0v) is 11.5. The van der Waals surface area contributed by atoms with E-state index in [-0.39, 0.29) is 5.91 Å². The number of amides is 1. The zero-order valence-electron chi connectivity index (χ0n) is 10.7. The van der Waals surface area contributed by atoms with Gasteiger partial charge in [0.25, 0.3) is 0 Å². The smallest absolute Gasteiger partial charge is 0.226 e. The molecule has 0 radical (unpaired) electrons. The van der Waals surface area contributed by atoms with Crippen molar-refractivity contribution in [3.63, 3.8) is 0 Å². The molecular weight excluding hydrogens is 224 g/mol. The fourth-order valence-corrected chi connectivity index (χ4v) is 1.65. The van der Waals surface area contributed by atoms with Crippen molar-refractivity contribution in [2.45, 2.75) is 45.7 Å². The van der Waals surface area contributed by atoms with Gasteiger partial charge in [0.2, 0.25) is 5.91 Å². The average molecular weight is 247 g/mol. The third kappa shape index (κ3) is 3.63. The molecule has 94 valence electrons. The van der Waals surface area contributed by atoms with Crippen LogP contribution in [0.25, 0.3) is 0 Å². The Kier molecular flexibility index (Phi) is 4.62. The molecule has 1 aliphatic carbocycles. The topological polar surface area (TPSA) is 32.3 Å². The normalized spacial score (nSPS) is 18.6. The van der Waals surface area contributed by atoms with E-state index in [0.717, 1.165) is 6.04 Å². The van der Waals surface area contributed by atoms with E-state index in [0.29, 0.717) is 18.5 Å². The van der Waals surface area contributed by atoms with Crippen molar-refractivity contribution < 1.29 is 4.79 Å². The molecule has 1 unspecified atom stereocenters. The van der Waals surface area contributed by atoms with Crippen LogP contribution in [0.1, 0.15) is 33.6 Å². The van der Waals surface area contributed by atoms with E-state index in [4.69, 9.17) is 11.6 Å². The van der Waals surface area contributed by atoms with Gasteiger partial charge in [0.05, 0.1) is 5.41 Å². The largest absolute Gasteiger partial charge is 0.354 e. The minimum absolute atomic E-state index is 0.0403. The van der Waals surface area contributed by atoms with Gasteiger partial charge in [-0.25, -0.2) is 0 Å². The summed E-state index contributed by atoms with van der Waals surface area (Å²) in [5.41, 5.74) is -0.473. The first-order chi connectivity index (χ1) is 7.38. The van der Waals surface area contributed by atoms with Crippen LogP contribution in [0.15, 0.2) is 0 Å². The number of hydrogen-bond acceptors (Lipinski definition) is 2. The Bertz CT molecular complexity index is 251. The number of nitrogens with zero attached hydrogens (tertiary/aromatic N) is 1. The van der Waals surface area contributed by atoms with Gasteiger partial charge in [0, 0.05) is 24.5 Å². The van der Waals surface area contributed by atoms with Gasteiger partial charge in [0.1, 0.15) is 0 Å². The molecule has 1 saturated carbocycles. The van der Waals surface area contributed by atoms with E-state index in [1.165, 1.54) is 12.8 Å². The van der Waals surface area contributed by atoms with E-state index in [9.17, 15) is 4.79 Å². The van der Waals surface area contributed by atoms with Gasteiger partial charge in [0.15, 0.2) is 0 Å². The first-order valence-electron chi connectivity index (χ1n) is 5.94. The van der Waals surface area contributed by atoms with Gasteiger partial charge in [-0.15, -0.1) is 11.6 Å². The summed E-state index contributed by atoms with van der Waals surface area (Å²) in [5, 5.41) is 2.97. The summed E-state index contributed by atoms with van der Waals surface area (Å²) in [7, 11) is 2.13. The quantitative estimate of drug-likeness (QED) is 0.726. The lowest BCUT2D eigenvalue weighted by Crippen LogP contribution is -2.45. The van der Waals surface area contributed by atoms with Crippen molar-refractivity contribution in [1.29, 1.82) is 0 Å². The summed E-state index contributed by atoms with van der Waals surface area (Å²) < 4.78 is 0. The zero-order chi connectivity index (χ0) is 12.3. The Morgan fingerprint density at radius 3 is 2.56 bits per heavy atom. The molecule has 1 aliphatic rings. The van der Waals surface area contributed by atoms with Crippen molar-refractivity contribution in [3.05, 3.63) is 0 Å². The fourth-order valence-electron chi connectivity index (χ4n) is 1.53. The van der Waals surface area contributed by atoms with Crippen LogP contribution in [0.5, 0.6) is 0 Å². The highest BCUT2D eigenvalue weighted by molar-refractivity contribution is 6.19. The summed E-state index contributed by atoms with van der Waals surface area (Å²) in [4.78, 5) is 14.1. The number of carbonyl (C=O) groups is 1. The molecule has 1 N–H and O–H groups in total. The highest BCUT2D eigenvalue weighted by atomic mass is 35.5. The van der Waals surface area contributed by atoms with Crippen LogP contribution in [0.3, 0.4) is 0 Å². The Morgan fingerprint density at radius 1 is 1.56 bits per heavy atom. The van der Waals surface area contributed by atoms with Gasteiger partial charge in [-0.1, -0.05) is 0 Å². The lowest BCUT2D eigenvalue weighted by Gasteiger charge is -2.27. The van der Waals surface area contributed by atoms with E-state index in [1.54, 1.807) is 0 Å². The summed E-state index contributed by atoms with van der Waals surface area (Å²) in [6.45, 7) is 6.58. The van der Waals surface area contributed by atoms with Crippen LogP contribution in [-0.4, -0.2) is 42.4 Å². The molecule has 1 atom stereocenters. The molecule has 0 aromatic carbocycles. The minimum Gasteiger partial charge on any atom is -0.354 e. The van der Waals surface area contributed by atoms with Crippen molar-refractivity contribution >= 4 is 17.5 Å². The number of alkyl halides is 1. The van der Waals surface area contributed by atoms with Gasteiger partial charge in [-0.05, 0) is 40.7 Å².